The van der Waals surface area contributed by atoms with Crippen LogP contribution in [0, 0.1) is 0 Å². The lowest BCUT2D eigenvalue weighted by Gasteiger charge is -2.26. The van der Waals surface area contributed by atoms with Crippen LogP contribution in [-0.4, -0.2) is 48.0 Å². The molecule has 0 saturated carbocycles. The molecule has 0 radical (unpaired) electrons. The summed E-state index contributed by atoms with van der Waals surface area (Å²) in [4.78, 5) is 2.49. The Labute approximate surface area is 196 Å². The molecule has 2 heterocycles. The predicted octanol–water partition coefficient (Wildman–Crippen LogP) is 5.37. The van der Waals surface area contributed by atoms with Crippen LogP contribution in [0.3, 0.4) is 0 Å². The summed E-state index contributed by atoms with van der Waals surface area (Å²) in [5.41, 5.74) is 2.27. The third kappa shape index (κ3) is 6.90. The van der Waals surface area contributed by atoms with Crippen LogP contribution in [-0.2, 0) is 6.42 Å². The standard InChI is InChI=1S/C15H14O3.C13H19NO/c16-13-4-1-10(2-5-13)12-7-11-3-6-14(17)8-15(11)18-9-12;1-3-7-13(8-4-1)15-12-11-14-9-5-2-6-10-14/h1-6,8,12,16-17H,7,9H2;1,3-4,7-8H,2,5-6,9-12H2/t12-;/m0./s1. The zero-order chi connectivity index (χ0) is 22.9. The molecular weight excluding hydrogens is 414 g/mol. The molecule has 174 valence electrons. The fraction of sp³-hybridized carbons (Fsp3) is 0.357. The van der Waals surface area contributed by atoms with E-state index >= 15 is 0 Å². The number of hydrogen-bond acceptors (Lipinski definition) is 5. The maximum atomic E-state index is 9.39. The van der Waals surface area contributed by atoms with Gasteiger partial charge in [0.2, 0.25) is 0 Å². The van der Waals surface area contributed by atoms with Gasteiger partial charge in [-0.3, -0.25) is 4.90 Å². The van der Waals surface area contributed by atoms with Crippen LogP contribution < -0.4 is 9.47 Å². The number of benzene rings is 3. The van der Waals surface area contributed by atoms with Gasteiger partial charge >= 0.3 is 0 Å². The number of fused-ring (bicyclic) bond motifs is 1. The molecule has 0 unspecified atom stereocenters. The summed E-state index contributed by atoms with van der Waals surface area (Å²) >= 11 is 0. The van der Waals surface area contributed by atoms with E-state index in [1.807, 2.05) is 48.5 Å². The van der Waals surface area contributed by atoms with Gasteiger partial charge in [-0.15, -0.1) is 0 Å². The number of nitrogens with zero attached hydrogens (tertiary/aromatic N) is 1. The zero-order valence-corrected chi connectivity index (χ0v) is 19.0. The molecule has 5 heteroatoms. The number of hydrogen-bond donors (Lipinski definition) is 2. The van der Waals surface area contributed by atoms with Gasteiger partial charge < -0.3 is 19.7 Å². The van der Waals surface area contributed by atoms with Crippen molar-refractivity contribution in [3.63, 3.8) is 0 Å². The lowest BCUT2D eigenvalue weighted by atomic mass is 9.90. The van der Waals surface area contributed by atoms with Crippen LogP contribution in [0.25, 0.3) is 0 Å². The molecule has 5 rings (SSSR count). The number of ether oxygens (including phenoxy) is 2. The first-order chi connectivity index (χ1) is 16.2. The van der Waals surface area contributed by atoms with Crippen LogP contribution in [0.5, 0.6) is 23.0 Å². The van der Waals surface area contributed by atoms with Gasteiger partial charge in [0.1, 0.15) is 29.6 Å². The first kappa shape index (κ1) is 23.0. The van der Waals surface area contributed by atoms with E-state index in [1.165, 1.54) is 32.4 Å². The molecule has 0 aromatic heterocycles. The Morgan fingerprint density at radius 3 is 2.33 bits per heavy atom. The van der Waals surface area contributed by atoms with Gasteiger partial charge in [-0.1, -0.05) is 42.8 Å². The highest BCUT2D eigenvalue weighted by atomic mass is 16.5. The van der Waals surface area contributed by atoms with E-state index in [2.05, 4.69) is 4.90 Å². The normalized spacial score (nSPS) is 17.8. The van der Waals surface area contributed by atoms with E-state index in [1.54, 1.807) is 24.3 Å². The zero-order valence-electron chi connectivity index (χ0n) is 19.0. The lowest BCUT2D eigenvalue weighted by Crippen LogP contribution is -2.33. The van der Waals surface area contributed by atoms with Gasteiger partial charge in [-0.25, -0.2) is 0 Å². The first-order valence-electron chi connectivity index (χ1n) is 11.8. The van der Waals surface area contributed by atoms with Crippen molar-refractivity contribution >= 4 is 0 Å². The fourth-order valence-electron chi connectivity index (χ4n) is 4.31. The lowest BCUT2D eigenvalue weighted by molar-refractivity contribution is 0.183. The van der Waals surface area contributed by atoms with Gasteiger partial charge in [-0.2, -0.15) is 0 Å². The molecule has 3 aromatic carbocycles. The molecule has 5 nitrogen and oxygen atoms in total. The average molecular weight is 448 g/mol. The van der Waals surface area contributed by atoms with Gasteiger partial charge in [0.15, 0.2) is 0 Å². The van der Waals surface area contributed by atoms with Crippen molar-refractivity contribution in [2.24, 2.45) is 0 Å². The summed E-state index contributed by atoms with van der Waals surface area (Å²) in [5.74, 6) is 2.56. The Kier molecular flexibility index (Phi) is 8.09. The molecule has 2 N–H and O–H groups in total. The van der Waals surface area contributed by atoms with Crippen molar-refractivity contribution < 1.29 is 19.7 Å². The largest absolute Gasteiger partial charge is 0.508 e. The Balaban J connectivity index is 0.000000160. The van der Waals surface area contributed by atoms with E-state index in [0.717, 1.165) is 42.2 Å². The van der Waals surface area contributed by atoms with Crippen molar-refractivity contribution in [1.82, 2.24) is 4.90 Å². The number of phenols is 2. The maximum absolute atomic E-state index is 9.39. The Morgan fingerprint density at radius 2 is 1.58 bits per heavy atom. The molecular formula is C28H33NO4. The third-order valence-corrected chi connectivity index (χ3v) is 6.19. The van der Waals surface area contributed by atoms with E-state index in [9.17, 15) is 10.2 Å². The van der Waals surface area contributed by atoms with Crippen LogP contribution in [0.1, 0.15) is 36.3 Å². The van der Waals surface area contributed by atoms with E-state index in [4.69, 9.17) is 9.47 Å². The number of phenolic OH excluding ortho intramolecular Hbond substituents is 2. The molecule has 0 amide bonds. The minimum Gasteiger partial charge on any atom is -0.508 e. The van der Waals surface area contributed by atoms with Crippen LogP contribution in [0.4, 0.5) is 0 Å². The highest BCUT2D eigenvalue weighted by molar-refractivity contribution is 5.43. The molecule has 3 aromatic rings. The SMILES string of the molecule is Oc1ccc([C@@H]2COc3cc(O)ccc3C2)cc1.c1ccc(OCCN2CCCCC2)cc1. The quantitative estimate of drug-likeness (QED) is 0.551. The summed E-state index contributed by atoms with van der Waals surface area (Å²) in [6.07, 6.45) is 4.99. The highest BCUT2D eigenvalue weighted by Crippen LogP contribution is 2.34. The summed E-state index contributed by atoms with van der Waals surface area (Å²) in [7, 11) is 0. The molecule has 0 bridgehead atoms. The van der Waals surface area contributed by atoms with Crippen LogP contribution >= 0.6 is 0 Å². The molecule has 2 aliphatic rings. The number of rotatable bonds is 5. The smallest absolute Gasteiger partial charge is 0.126 e. The third-order valence-electron chi connectivity index (χ3n) is 6.19. The molecule has 1 fully saturated rings. The number of aromatic hydroxyl groups is 2. The topological polar surface area (TPSA) is 62.2 Å². The molecule has 1 saturated heterocycles. The number of para-hydroxylation sites is 1. The average Bonchev–Trinajstić information content (AvgIpc) is 2.86. The summed E-state index contributed by atoms with van der Waals surface area (Å²) in [6.45, 7) is 4.97. The molecule has 0 spiro atoms. The Hall–Kier alpha value is -3.18. The van der Waals surface area contributed by atoms with Gasteiger partial charge in [0.25, 0.3) is 0 Å². The second-order valence-electron chi connectivity index (χ2n) is 8.66. The summed E-state index contributed by atoms with van der Waals surface area (Å²) in [5, 5.41) is 18.7. The maximum Gasteiger partial charge on any atom is 0.126 e. The highest BCUT2D eigenvalue weighted by Gasteiger charge is 2.21. The molecule has 1 atom stereocenters. The van der Waals surface area contributed by atoms with Crippen molar-refractivity contribution in [3.05, 3.63) is 83.9 Å². The van der Waals surface area contributed by atoms with E-state index in [-0.39, 0.29) is 11.5 Å². The Morgan fingerprint density at radius 1 is 0.848 bits per heavy atom. The molecule has 0 aliphatic carbocycles. The second-order valence-corrected chi connectivity index (χ2v) is 8.66. The van der Waals surface area contributed by atoms with E-state index in [0.29, 0.717) is 12.5 Å². The fourth-order valence-corrected chi connectivity index (χ4v) is 4.31. The monoisotopic (exact) mass is 447 g/mol. The van der Waals surface area contributed by atoms with Crippen molar-refractivity contribution in [1.29, 1.82) is 0 Å². The van der Waals surface area contributed by atoms with Crippen LogP contribution in [0.2, 0.25) is 0 Å². The van der Waals surface area contributed by atoms with Gasteiger partial charge in [0, 0.05) is 18.5 Å². The summed E-state index contributed by atoms with van der Waals surface area (Å²) < 4.78 is 11.3. The first-order valence-corrected chi connectivity index (χ1v) is 11.8. The number of likely N-dealkylation sites (tertiary alicyclic amines) is 1. The minimum atomic E-state index is 0.233. The minimum absolute atomic E-state index is 0.233. The predicted molar refractivity (Wildman–Crippen MR) is 130 cm³/mol. The molecule has 33 heavy (non-hydrogen) atoms. The molecule has 2 aliphatic heterocycles. The van der Waals surface area contributed by atoms with Crippen molar-refractivity contribution in [3.8, 4) is 23.0 Å². The summed E-state index contributed by atoms with van der Waals surface area (Å²) in [6, 6.07) is 22.5. The van der Waals surface area contributed by atoms with Gasteiger partial charge in [0.05, 0.1) is 6.61 Å². The second kappa shape index (κ2) is 11.6. The van der Waals surface area contributed by atoms with Crippen molar-refractivity contribution in [2.75, 3.05) is 32.8 Å². The van der Waals surface area contributed by atoms with Crippen molar-refractivity contribution in [2.45, 2.75) is 31.6 Å². The van der Waals surface area contributed by atoms with Crippen LogP contribution in [0.15, 0.2) is 72.8 Å². The number of piperidine rings is 1. The Bertz CT molecular complexity index is 985. The van der Waals surface area contributed by atoms with Gasteiger partial charge in [-0.05, 0) is 73.8 Å². The van der Waals surface area contributed by atoms with E-state index < -0.39 is 0 Å².